The van der Waals surface area contributed by atoms with E-state index in [1.54, 1.807) is 42.7 Å². The van der Waals surface area contributed by atoms with Crippen molar-refractivity contribution in [3.05, 3.63) is 67.0 Å². The number of carbonyl (C=O) groups is 2. The molecule has 0 aliphatic rings. The summed E-state index contributed by atoms with van der Waals surface area (Å²) in [6.07, 6.45) is 4.39. The lowest BCUT2D eigenvalue weighted by Gasteiger charge is -2.05. The quantitative estimate of drug-likeness (QED) is 0.751. The maximum absolute atomic E-state index is 12.5. The summed E-state index contributed by atoms with van der Waals surface area (Å²) in [5.74, 6) is -0.586. The zero-order chi connectivity index (χ0) is 15.5. The van der Waals surface area contributed by atoms with Gasteiger partial charge in [0.05, 0.1) is 6.20 Å². The van der Waals surface area contributed by atoms with Gasteiger partial charge in [-0.15, -0.1) is 0 Å². The predicted molar refractivity (Wildman–Crippen MR) is 82.5 cm³/mol. The number of aromatic nitrogens is 3. The molecule has 108 valence electrons. The highest BCUT2D eigenvalue weighted by Gasteiger charge is 2.13. The molecule has 0 atom stereocenters. The Hall–Kier alpha value is -3.28. The number of rotatable bonds is 3. The van der Waals surface area contributed by atoms with Crippen LogP contribution in [0, 0.1) is 0 Å². The van der Waals surface area contributed by atoms with Gasteiger partial charge in [-0.2, -0.15) is 9.78 Å². The largest absolute Gasteiger partial charge is 0.323 e. The molecule has 1 amide bonds. The van der Waals surface area contributed by atoms with Crippen LogP contribution < -0.4 is 5.32 Å². The first-order chi connectivity index (χ1) is 10.7. The van der Waals surface area contributed by atoms with Crippen LogP contribution in [0.2, 0.25) is 0 Å². The summed E-state index contributed by atoms with van der Waals surface area (Å²) in [5.41, 5.74) is 1.55. The molecule has 0 saturated heterocycles. The van der Waals surface area contributed by atoms with Crippen LogP contribution in [0.25, 0.3) is 11.0 Å². The normalized spacial score (nSPS) is 10.4. The lowest BCUT2D eigenvalue weighted by atomic mass is 10.2. The van der Waals surface area contributed by atoms with E-state index in [0.717, 1.165) is 5.39 Å². The summed E-state index contributed by atoms with van der Waals surface area (Å²) >= 11 is 0. The SMILES string of the molecule is C=CC(=O)Nc1ccc(C(=O)n2ncc3cccnc32)cc1. The standard InChI is InChI=1S/C16H12N4O2/c1-2-14(21)19-13-7-5-11(6-8-13)16(22)20-15-12(10-18-20)4-3-9-17-15/h2-10H,1H2,(H,19,21). The Labute approximate surface area is 126 Å². The van der Waals surface area contributed by atoms with Gasteiger partial charge in [-0.3, -0.25) is 9.59 Å². The molecule has 0 saturated carbocycles. The molecular formula is C16H12N4O2. The molecule has 0 unspecified atom stereocenters. The highest BCUT2D eigenvalue weighted by atomic mass is 16.2. The van der Waals surface area contributed by atoms with Crippen LogP contribution in [-0.2, 0) is 4.79 Å². The van der Waals surface area contributed by atoms with Crippen molar-refractivity contribution in [2.24, 2.45) is 0 Å². The van der Waals surface area contributed by atoms with Crippen LogP contribution in [0.5, 0.6) is 0 Å². The predicted octanol–water partition coefficient (Wildman–Crippen LogP) is 2.24. The molecule has 1 N–H and O–H groups in total. The first-order valence-electron chi connectivity index (χ1n) is 6.56. The van der Waals surface area contributed by atoms with E-state index < -0.39 is 0 Å². The minimum Gasteiger partial charge on any atom is -0.323 e. The van der Waals surface area contributed by atoms with Crippen LogP contribution in [0.1, 0.15) is 10.4 Å². The van der Waals surface area contributed by atoms with Crippen LogP contribution in [0.15, 0.2) is 61.4 Å². The second-order valence-corrected chi connectivity index (χ2v) is 4.55. The first kappa shape index (κ1) is 13.7. The third-order valence-corrected chi connectivity index (χ3v) is 3.11. The number of nitrogens with one attached hydrogen (secondary N) is 1. The van der Waals surface area contributed by atoms with Gasteiger partial charge in [-0.25, -0.2) is 4.98 Å². The van der Waals surface area contributed by atoms with Gasteiger partial charge < -0.3 is 5.32 Å². The lowest BCUT2D eigenvalue weighted by Crippen LogP contribution is -2.14. The zero-order valence-electron chi connectivity index (χ0n) is 11.6. The first-order valence-corrected chi connectivity index (χ1v) is 6.56. The number of hydrogen-bond donors (Lipinski definition) is 1. The number of carbonyl (C=O) groups excluding carboxylic acids is 2. The van der Waals surface area contributed by atoms with Crippen LogP contribution in [-0.4, -0.2) is 26.6 Å². The van der Waals surface area contributed by atoms with Crippen molar-refractivity contribution in [3.8, 4) is 0 Å². The van der Waals surface area contributed by atoms with E-state index >= 15 is 0 Å². The number of anilines is 1. The Morgan fingerprint density at radius 2 is 1.95 bits per heavy atom. The third kappa shape index (κ3) is 2.49. The van der Waals surface area contributed by atoms with Crippen molar-refractivity contribution in [2.45, 2.75) is 0 Å². The topological polar surface area (TPSA) is 76.9 Å². The molecule has 0 bridgehead atoms. The second-order valence-electron chi connectivity index (χ2n) is 4.55. The summed E-state index contributed by atoms with van der Waals surface area (Å²) in [6, 6.07) is 10.2. The molecule has 2 aromatic heterocycles. The monoisotopic (exact) mass is 292 g/mol. The molecule has 0 aliphatic carbocycles. The van der Waals surface area contributed by atoms with E-state index in [1.165, 1.54) is 10.8 Å². The van der Waals surface area contributed by atoms with Crippen molar-refractivity contribution in [2.75, 3.05) is 5.32 Å². The zero-order valence-corrected chi connectivity index (χ0v) is 11.6. The molecule has 3 rings (SSSR count). The van der Waals surface area contributed by atoms with E-state index in [1.807, 2.05) is 6.07 Å². The summed E-state index contributed by atoms with van der Waals surface area (Å²) in [6.45, 7) is 3.38. The number of benzene rings is 1. The smallest absolute Gasteiger partial charge is 0.280 e. The maximum Gasteiger partial charge on any atom is 0.280 e. The van der Waals surface area contributed by atoms with Gasteiger partial charge >= 0.3 is 0 Å². The summed E-state index contributed by atoms with van der Waals surface area (Å²) in [4.78, 5) is 27.9. The number of nitrogens with zero attached hydrogens (tertiary/aromatic N) is 3. The van der Waals surface area contributed by atoms with E-state index in [2.05, 4.69) is 22.0 Å². The maximum atomic E-state index is 12.5. The Bertz CT molecular complexity index is 865. The fourth-order valence-corrected chi connectivity index (χ4v) is 2.02. The molecule has 0 radical (unpaired) electrons. The Morgan fingerprint density at radius 3 is 2.68 bits per heavy atom. The Balaban J connectivity index is 1.89. The van der Waals surface area contributed by atoms with E-state index in [4.69, 9.17) is 0 Å². The average molecular weight is 292 g/mol. The van der Waals surface area contributed by atoms with Crippen molar-refractivity contribution in [1.82, 2.24) is 14.8 Å². The Kier molecular flexibility index (Phi) is 3.49. The van der Waals surface area contributed by atoms with Crippen molar-refractivity contribution >= 4 is 28.5 Å². The molecule has 6 heteroatoms. The van der Waals surface area contributed by atoms with E-state index in [-0.39, 0.29) is 11.8 Å². The molecule has 2 heterocycles. The summed E-state index contributed by atoms with van der Waals surface area (Å²) in [7, 11) is 0. The molecule has 6 nitrogen and oxygen atoms in total. The van der Waals surface area contributed by atoms with Gasteiger partial charge in [0.25, 0.3) is 5.91 Å². The highest BCUT2D eigenvalue weighted by molar-refractivity contribution is 6.01. The average Bonchev–Trinajstić information content (AvgIpc) is 2.99. The molecule has 1 aromatic carbocycles. The second kappa shape index (κ2) is 5.61. The van der Waals surface area contributed by atoms with Crippen LogP contribution >= 0.6 is 0 Å². The van der Waals surface area contributed by atoms with E-state index in [9.17, 15) is 9.59 Å². The summed E-state index contributed by atoms with van der Waals surface area (Å²) < 4.78 is 1.26. The van der Waals surface area contributed by atoms with Gasteiger partial charge in [-0.1, -0.05) is 6.58 Å². The van der Waals surface area contributed by atoms with Gasteiger partial charge in [0.2, 0.25) is 5.91 Å². The number of amides is 1. The minimum atomic E-state index is -0.304. The number of pyridine rings is 1. The molecule has 0 spiro atoms. The number of fused-ring (bicyclic) bond motifs is 1. The van der Waals surface area contributed by atoms with Gasteiger partial charge in [0, 0.05) is 22.8 Å². The van der Waals surface area contributed by atoms with Crippen LogP contribution in [0.3, 0.4) is 0 Å². The van der Waals surface area contributed by atoms with Gasteiger partial charge in [0.1, 0.15) is 0 Å². The fraction of sp³-hybridized carbons (Fsp3) is 0. The van der Waals surface area contributed by atoms with E-state index in [0.29, 0.717) is 16.9 Å². The fourth-order valence-electron chi connectivity index (χ4n) is 2.02. The van der Waals surface area contributed by atoms with Crippen molar-refractivity contribution in [3.63, 3.8) is 0 Å². The number of hydrogen-bond acceptors (Lipinski definition) is 4. The van der Waals surface area contributed by atoms with Gasteiger partial charge in [0.15, 0.2) is 5.65 Å². The van der Waals surface area contributed by atoms with Gasteiger partial charge in [-0.05, 0) is 42.5 Å². The molecule has 22 heavy (non-hydrogen) atoms. The Morgan fingerprint density at radius 1 is 1.18 bits per heavy atom. The lowest BCUT2D eigenvalue weighted by molar-refractivity contribution is -0.111. The minimum absolute atomic E-state index is 0.282. The van der Waals surface area contributed by atoms with Crippen molar-refractivity contribution in [1.29, 1.82) is 0 Å². The van der Waals surface area contributed by atoms with Crippen LogP contribution in [0.4, 0.5) is 5.69 Å². The van der Waals surface area contributed by atoms with Crippen molar-refractivity contribution < 1.29 is 9.59 Å². The molecular weight excluding hydrogens is 280 g/mol. The highest BCUT2D eigenvalue weighted by Crippen LogP contribution is 2.14. The molecule has 0 fully saturated rings. The summed E-state index contributed by atoms with van der Waals surface area (Å²) in [5, 5.41) is 7.49. The molecule has 3 aromatic rings. The third-order valence-electron chi connectivity index (χ3n) is 3.11. The molecule has 0 aliphatic heterocycles.